The highest BCUT2D eigenvalue weighted by atomic mass is 14.9. The number of hydrogen-bond acceptors (Lipinski definition) is 1. The first-order valence-corrected chi connectivity index (χ1v) is 6.51. The molecule has 0 aliphatic carbocycles. The standard InChI is InChI=1S/C17H14N2/c1-11-7-8-16-14(9-11)18-10-17-12(2)13-5-3-4-6-15(13)19(16)17/h3-10H,1-2H3. The van der Waals surface area contributed by atoms with E-state index in [9.17, 15) is 0 Å². The van der Waals surface area contributed by atoms with Gasteiger partial charge in [-0.05, 0) is 43.2 Å². The van der Waals surface area contributed by atoms with E-state index >= 15 is 0 Å². The van der Waals surface area contributed by atoms with E-state index in [1.54, 1.807) is 0 Å². The largest absolute Gasteiger partial charge is 0.306 e. The summed E-state index contributed by atoms with van der Waals surface area (Å²) in [5.41, 5.74) is 7.21. The zero-order chi connectivity index (χ0) is 13.0. The number of rotatable bonds is 0. The lowest BCUT2D eigenvalue weighted by Crippen LogP contribution is -1.91. The van der Waals surface area contributed by atoms with E-state index in [0.29, 0.717) is 0 Å². The topological polar surface area (TPSA) is 17.3 Å². The van der Waals surface area contributed by atoms with Crippen molar-refractivity contribution in [1.82, 2.24) is 9.38 Å². The SMILES string of the molecule is Cc1ccc2c(c1)ncc1c(C)c3ccccc3n12. The van der Waals surface area contributed by atoms with Gasteiger partial charge in [-0.1, -0.05) is 24.3 Å². The Morgan fingerprint density at radius 1 is 0.895 bits per heavy atom. The van der Waals surface area contributed by atoms with Crippen LogP contribution in [0.2, 0.25) is 0 Å². The van der Waals surface area contributed by atoms with Gasteiger partial charge < -0.3 is 4.40 Å². The lowest BCUT2D eigenvalue weighted by atomic mass is 10.2. The molecule has 0 bridgehead atoms. The monoisotopic (exact) mass is 246 g/mol. The van der Waals surface area contributed by atoms with Crippen LogP contribution in [0.4, 0.5) is 0 Å². The van der Waals surface area contributed by atoms with Gasteiger partial charge in [0, 0.05) is 5.39 Å². The van der Waals surface area contributed by atoms with Crippen molar-refractivity contribution in [2.45, 2.75) is 13.8 Å². The van der Waals surface area contributed by atoms with E-state index in [1.165, 1.54) is 33.1 Å². The highest BCUT2D eigenvalue weighted by molar-refractivity contribution is 5.96. The Labute approximate surface area is 111 Å². The number of benzene rings is 2. The first kappa shape index (κ1) is 10.6. The summed E-state index contributed by atoms with van der Waals surface area (Å²) in [5, 5.41) is 1.30. The van der Waals surface area contributed by atoms with Gasteiger partial charge in [0.1, 0.15) is 0 Å². The van der Waals surface area contributed by atoms with Gasteiger partial charge in [-0.25, -0.2) is 0 Å². The summed E-state index contributed by atoms with van der Waals surface area (Å²) >= 11 is 0. The molecule has 0 N–H and O–H groups in total. The van der Waals surface area contributed by atoms with Crippen LogP contribution in [0.1, 0.15) is 11.1 Å². The van der Waals surface area contributed by atoms with Crippen LogP contribution < -0.4 is 0 Å². The van der Waals surface area contributed by atoms with Crippen molar-refractivity contribution in [2.75, 3.05) is 0 Å². The minimum atomic E-state index is 1.05. The van der Waals surface area contributed by atoms with Gasteiger partial charge in [0.05, 0.1) is 28.3 Å². The third-order valence-electron chi connectivity index (χ3n) is 3.87. The van der Waals surface area contributed by atoms with E-state index < -0.39 is 0 Å². The fourth-order valence-corrected chi connectivity index (χ4v) is 2.89. The van der Waals surface area contributed by atoms with E-state index in [0.717, 1.165) is 5.52 Å². The average Bonchev–Trinajstić information content (AvgIpc) is 2.73. The van der Waals surface area contributed by atoms with Gasteiger partial charge in [0.25, 0.3) is 0 Å². The van der Waals surface area contributed by atoms with Crippen LogP contribution >= 0.6 is 0 Å². The number of aryl methyl sites for hydroxylation is 2. The molecule has 2 nitrogen and oxygen atoms in total. The fraction of sp³-hybridized carbons (Fsp3) is 0.118. The second-order valence-corrected chi connectivity index (χ2v) is 5.11. The summed E-state index contributed by atoms with van der Waals surface area (Å²) in [6.07, 6.45) is 1.98. The summed E-state index contributed by atoms with van der Waals surface area (Å²) in [6, 6.07) is 15.0. The van der Waals surface area contributed by atoms with Crippen LogP contribution in [0.15, 0.2) is 48.7 Å². The molecule has 0 atom stereocenters. The summed E-state index contributed by atoms with van der Waals surface area (Å²) in [7, 11) is 0. The fourth-order valence-electron chi connectivity index (χ4n) is 2.89. The van der Waals surface area contributed by atoms with Crippen LogP contribution in [0.3, 0.4) is 0 Å². The van der Waals surface area contributed by atoms with Crippen molar-refractivity contribution in [3.05, 3.63) is 59.8 Å². The zero-order valence-electron chi connectivity index (χ0n) is 11.0. The summed E-state index contributed by atoms with van der Waals surface area (Å²) in [5.74, 6) is 0. The predicted octanol–water partition coefficient (Wildman–Crippen LogP) is 4.26. The Morgan fingerprint density at radius 2 is 1.74 bits per heavy atom. The number of nitrogens with zero attached hydrogens (tertiary/aromatic N) is 2. The molecular weight excluding hydrogens is 232 g/mol. The van der Waals surface area contributed by atoms with E-state index in [-0.39, 0.29) is 0 Å². The lowest BCUT2D eigenvalue weighted by molar-refractivity contribution is 1.25. The number of aromatic nitrogens is 2. The predicted molar refractivity (Wildman–Crippen MR) is 79.7 cm³/mol. The minimum Gasteiger partial charge on any atom is -0.306 e. The number of fused-ring (bicyclic) bond motifs is 5. The van der Waals surface area contributed by atoms with Crippen molar-refractivity contribution < 1.29 is 0 Å². The minimum absolute atomic E-state index is 1.05. The maximum absolute atomic E-state index is 4.61. The van der Waals surface area contributed by atoms with Crippen molar-refractivity contribution in [3.8, 4) is 0 Å². The van der Waals surface area contributed by atoms with Crippen LogP contribution in [-0.2, 0) is 0 Å². The van der Waals surface area contributed by atoms with Crippen LogP contribution in [0.25, 0.3) is 27.5 Å². The number of hydrogen-bond donors (Lipinski definition) is 0. The van der Waals surface area contributed by atoms with Gasteiger partial charge in [-0.2, -0.15) is 0 Å². The van der Waals surface area contributed by atoms with E-state index in [4.69, 9.17) is 0 Å². The summed E-state index contributed by atoms with van der Waals surface area (Å²) in [6.45, 7) is 4.27. The Morgan fingerprint density at radius 3 is 2.63 bits per heavy atom. The molecule has 2 heteroatoms. The molecule has 0 saturated heterocycles. The Kier molecular flexibility index (Phi) is 1.99. The maximum atomic E-state index is 4.61. The second-order valence-electron chi connectivity index (χ2n) is 5.11. The molecule has 19 heavy (non-hydrogen) atoms. The first-order valence-electron chi connectivity index (χ1n) is 6.51. The smallest absolute Gasteiger partial charge is 0.0873 e. The molecule has 0 spiro atoms. The van der Waals surface area contributed by atoms with Crippen molar-refractivity contribution in [1.29, 1.82) is 0 Å². The van der Waals surface area contributed by atoms with Gasteiger partial charge >= 0.3 is 0 Å². The molecule has 0 amide bonds. The Bertz CT molecular complexity index is 932. The highest BCUT2D eigenvalue weighted by Gasteiger charge is 2.10. The molecule has 0 fully saturated rings. The van der Waals surface area contributed by atoms with Crippen molar-refractivity contribution in [3.63, 3.8) is 0 Å². The molecule has 0 aliphatic heterocycles. The molecular formula is C17H14N2. The maximum Gasteiger partial charge on any atom is 0.0873 e. The second kappa shape index (κ2) is 3.58. The molecule has 0 aliphatic rings. The normalized spacial score (nSPS) is 11.7. The first-order chi connectivity index (χ1) is 9.25. The molecule has 0 radical (unpaired) electrons. The van der Waals surface area contributed by atoms with Crippen molar-refractivity contribution in [2.24, 2.45) is 0 Å². The molecule has 2 heterocycles. The van der Waals surface area contributed by atoms with Gasteiger partial charge in [0.15, 0.2) is 0 Å². The van der Waals surface area contributed by atoms with Crippen LogP contribution in [0.5, 0.6) is 0 Å². The molecule has 0 saturated carbocycles. The molecule has 0 unspecified atom stereocenters. The number of para-hydroxylation sites is 1. The molecule has 2 aromatic heterocycles. The Balaban J connectivity index is 2.36. The Hall–Kier alpha value is -2.35. The molecule has 2 aromatic carbocycles. The van der Waals surface area contributed by atoms with Gasteiger partial charge in [-0.15, -0.1) is 0 Å². The van der Waals surface area contributed by atoms with Crippen molar-refractivity contribution >= 4 is 27.5 Å². The molecule has 4 rings (SSSR count). The molecule has 4 aromatic rings. The van der Waals surface area contributed by atoms with E-state index in [1.807, 2.05) is 6.20 Å². The summed E-state index contributed by atoms with van der Waals surface area (Å²) < 4.78 is 2.31. The third-order valence-corrected chi connectivity index (χ3v) is 3.87. The lowest BCUT2D eigenvalue weighted by Gasteiger charge is -2.04. The van der Waals surface area contributed by atoms with Gasteiger partial charge in [0.2, 0.25) is 0 Å². The van der Waals surface area contributed by atoms with Gasteiger partial charge in [-0.3, -0.25) is 4.98 Å². The highest BCUT2D eigenvalue weighted by Crippen LogP contribution is 2.28. The van der Waals surface area contributed by atoms with Crippen LogP contribution in [0, 0.1) is 13.8 Å². The van der Waals surface area contributed by atoms with E-state index in [2.05, 4.69) is 65.7 Å². The van der Waals surface area contributed by atoms with Crippen LogP contribution in [-0.4, -0.2) is 9.38 Å². The third kappa shape index (κ3) is 1.34. The zero-order valence-corrected chi connectivity index (χ0v) is 11.0. The quantitative estimate of drug-likeness (QED) is 0.453. The average molecular weight is 246 g/mol. The summed E-state index contributed by atoms with van der Waals surface area (Å²) in [4.78, 5) is 4.61. The molecule has 92 valence electrons.